The summed E-state index contributed by atoms with van der Waals surface area (Å²) in [5.41, 5.74) is 3.08. The van der Waals surface area contributed by atoms with E-state index in [0.717, 1.165) is 16.6 Å². The van der Waals surface area contributed by atoms with E-state index in [-0.39, 0.29) is 11.1 Å². The minimum absolute atomic E-state index is 0.283. The first-order chi connectivity index (χ1) is 10.2. The van der Waals surface area contributed by atoms with Gasteiger partial charge in [0.2, 0.25) is 0 Å². The van der Waals surface area contributed by atoms with Crippen LogP contribution in [0.5, 0.6) is 0 Å². The van der Waals surface area contributed by atoms with Crippen LogP contribution >= 0.6 is 0 Å². The van der Waals surface area contributed by atoms with Gasteiger partial charge < -0.3 is 8.78 Å². The number of rotatable bonds is 4. The van der Waals surface area contributed by atoms with Crippen molar-refractivity contribution in [2.75, 3.05) is 13.1 Å². The van der Waals surface area contributed by atoms with E-state index in [1.807, 2.05) is 0 Å². The molecule has 0 saturated heterocycles. The molecule has 0 aromatic heterocycles. The molecular weight excluding hydrogens is 312 g/mol. The fourth-order valence-electron chi connectivity index (χ4n) is 5.11. The van der Waals surface area contributed by atoms with Crippen molar-refractivity contribution in [3.8, 4) is 0 Å². The number of nitrogens with zero attached hydrogens (tertiary/aromatic N) is 2. The van der Waals surface area contributed by atoms with Crippen molar-refractivity contribution in [1.29, 1.82) is 0 Å². The summed E-state index contributed by atoms with van der Waals surface area (Å²) in [7, 11) is -2.18. The van der Waals surface area contributed by atoms with Crippen molar-refractivity contribution in [3.05, 3.63) is 0 Å². The van der Waals surface area contributed by atoms with Crippen molar-refractivity contribution < 1.29 is 4.22 Å². The quantitative estimate of drug-likeness (QED) is 0.610. The lowest BCUT2D eigenvalue weighted by Gasteiger charge is -2.44. The summed E-state index contributed by atoms with van der Waals surface area (Å²) >= 11 is 0. The van der Waals surface area contributed by atoms with Gasteiger partial charge in [-0.3, -0.25) is 0 Å². The third-order valence-electron chi connectivity index (χ3n) is 5.93. The van der Waals surface area contributed by atoms with E-state index in [2.05, 4.69) is 91.9 Å². The van der Waals surface area contributed by atoms with Crippen LogP contribution in [0.25, 0.3) is 0 Å². The van der Waals surface area contributed by atoms with Gasteiger partial charge in [0.15, 0.2) is 7.59 Å². The Morgan fingerprint density at radius 2 is 1.22 bits per heavy atom. The van der Waals surface area contributed by atoms with Crippen molar-refractivity contribution in [2.24, 2.45) is 0 Å². The number of hydrogen-bond donors (Lipinski definition) is 0. The molecule has 1 aliphatic heterocycles. The van der Waals surface area contributed by atoms with Gasteiger partial charge in [-0.25, -0.2) is 0 Å². The fourth-order valence-corrected chi connectivity index (χ4v) is 23.9. The summed E-state index contributed by atoms with van der Waals surface area (Å²) in [6.45, 7) is 32.3. The van der Waals surface area contributed by atoms with Crippen LogP contribution in [0.1, 0.15) is 83.1 Å². The van der Waals surface area contributed by atoms with Crippen LogP contribution in [0.3, 0.4) is 0 Å². The lowest BCUT2D eigenvalue weighted by Crippen LogP contribution is -2.66. The van der Waals surface area contributed by atoms with Gasteiger partial charge in [-0.15, -0.1) is 0 Å². The first-order valence-corrected chi connectivity index (χ1v) is 14.2. The second-order valence-electron chi connectivity index (χ2n) is 10.4. The predicted molar refractivity (Wildman–Crippen MR) is 108 cm³/mol. The van der Waals surface area contributed by atoms with Crippen molar-refractivity contribution in [1.82, 2.24) is 4.57 Å². The van der Waals surface area contributed by atoms with E-state index in [1.165, 1.54) is 13.1 Å². The molecule has 0 bridgehead atoms. The van der Waals surface area contributed by atoms with E-state index in [0.29, 0.717) is 0 Å². The molecule has 0 N–H and O–H groups in total. The van der Waals surface area contributed by atoms with Gasteiger partial charge in [0.1, 0.15) is 13.1 Å². The van der Waals surface area contributed by atoms with Crippen LogP contribution in [0, 0.1) is 0 Å². The van der Waals surface area contributed by atoms with Gasteiger partial charge in [0.05, 0.1) is 11.1 Å². The largest absolute Gasteiger partial charge is 0.430 e. The highest BCUT2D eigenvalue weighted by atomic mass is 29.2. The molecule has 0 fully saturated rings. The van der Waals surface area contributed by atoms with E-state index in [1.54, 1.807) is 0 Å². The van der Waals surface area contributed by atoms with E-state index in [9.17, 15) is 0 Å². The molecule has 23 heavy (non-hydrogen) atoms. The Kier molecular flexibility index (Phi) is 6.18. The molecule has 4 heteroatoms. The molecule has 0 aromatic carbocycles. The van der Waals surface area contributed by atoms with Gasteiger partial charge in [-0.2, -0.15) is 0 Å². The number of hydrogen-bond acceptors (Lipinski definition) is 1. The Hall–Kier alpha value is 0.0338. The molecular formula is C19H43N2Si2+. The maximum atomic E-state index is 2.95. The molecule has 0 unspecified atom stereocenters. The van der Waals surface area contributed by atoms with Gasteiger partial charge in [-0.05, 0) is 58.2 Å². The summed E-state index contributed by atoms with van der Waals surface area (Å²) in [4.78, 5) is 0. The van der Waals surface area contributed by atoms with E-state index in [4.69, 9.17) is 0 Å². The summed E-state index contributed by atoms with van der Waals surface area (Å²) < 4.78 is 5.91. The molecule has 1 heterocycles. The highest BCUT2D eigenvalue weighted by Crippen LogP contribution is 2.44. The Labute approximate surface area is 148 Å². The third kappa shape index (κ3) is 3.68. The SMILES string of the molecule is CC(C)[Si](C(C)C)(C(C)C)[Si]1=[N+](C(C)(C)C)CCN1C(C)(C)C. The standard InChI is InChI=1S/C19H43N2Si2/c1-15(2)23(16(3)4,17(5)6)22-20(18(7,8)9)13-14-21(22)19(10,11)12/h15-17H,13-14H2,1-12H3/q+1. The molecule has 0 atom stereocenters. The smallest absolute Gasteiger partial charge is 0.316 e. The normalized spacial score (nSPS) is 18.1. The van der Waals surface area contributed by atoms with Crippen LogP contribution in [-0.2, 0) is 0 Å². The molecule has 0 aromatic rings. The second-order valence-corrected chi connectivity index (χ2v) is 21.4. The van der Waals surface area contributed by atoms with Gasteiger partial charge in [0, 0.05) is 0 Å². The first-order valence-electron chi connectivity index (χ1n) is 9.61. The van der Waals surface area contributed by atoms with Crippen LogP contribution in [-0.4, -0.2) is 48.8 Å². The average molecular weight is 356 g/mol. The maximum Gasteiger partial charge on any atom is 0.430 e. The first kappa shape index (κ1) is 21.1. The minimum Gasteiger partial charge on any atom is -0.316 e. The zero-order chi connectivity index (χ0) is 18.4. The second kappa shape index (κ2) is 6.74. The Morgan fingerprint density at radius 3 is 1.48 bits per heavy atom. The molecule has 0 amide bonds. The highest BCUT2D eigenvalue weighted by molar-refractivity contribution is 7.28. The molecule has 2 nitrogen and oxygen atoms in total. The van der Waals surface area contributed by atoms with Gasteiger partial charge >= 0.3 is 8.27 Å². The molecule has 0 radical (unpaired) electrons. The molecule has 1 aliphatic rings. The molecule has 0 saturated carbocycles. The summed E-state index contributed by atoms with van der Waals surface area (Å²) in [5, 5.41) is 0. The van der Waals surface area contributed by atoms with E-state index < -0.39 is 15.9 Å². The van der Waals surface area contributed by atoms with Crippen LogP contribution in [0.2, 0.25) is 16.6 Å². The van der Waals surface area contributed by atoms with Crippen molar-refractivity contribution in [2.45, 2.75) is 111 Å². The molecule has 136 valence electrons. The Bertz CT molecular complexity index is 429. The summed E-state index contributed by atoms with van der Waals surface area (Å²) in [6.07, 6.45) is 0. The zero-order valence-electron chi connectivity index (χ0n) is 18.0. The van der Waals surface area contributed by atoms with Crippen LogP contribution in [0.15, 0.2) is 0 Å². The van der Waals surface area contributed by atoms with Gasteiger partial charge in [0.25, 0.3) is 0 Å². The molecule has 1 rings (SSSR count). The lowest BCUT2D eigenvalue weighted by molar-refractivity contribution is -0.578. The Morgan fingerprint density at radius 1 is 0.826 bits per heavy atom. The highest BCUT2D eigenvalue weighted by Gasteiger charge is 2.61. The van der Waals surface area contributed by atoms with Gasteiger partial charge in [-0.1, -0.05) is 41.5 Å². The van der Waals surface area contributed by atoms with Crippen LogP contribution < -0.4 is 0 Å². The Balaban J connectivity index is 3.78. The summed E-state index contributed by atoms with van der Waals surface area (Å²) in [5.74, 6) is 0. The van der Waals surface area contributed by atoms with E-state index >= 15 is 0 Å². The average Bonchev–Trinajstić information content (AvgIpc) is 2.71. The lowest BCUT2D eigenvalue weighted by atomic mass is 10.1. The van der Waals surface area contributed by atoms with Crippen LogP contribution in [0.4, 0.5) is 0 Å². The summed E-state index contributed by atoms with van der Waals surface area (Å²) in [6, 6.07) is 0. The topological polar surface area (TPSA) is 6.25 Å². The predicted octanol–water partition coefficient (Wildman–Crippen LogP) is 5.43. The van der Waals surface area contributed by atoms with Crippen molar-refractivity contribution in [3.63, 3.8) is 0 Å². The minimum atomic E-state index is -1.49. The zero-order valence-corrected chi connectivity index (χ0v) is 20.0. The maximum absolute atomic E-state index is 2.95. The van der Waals surface area contributed by atoms with Crippen molar-refractivity contribution >= 4 is 15.9 Å². The monoisotopic (exact) mass is 355 g/mol. The fraction of sp³-hybridized carbons (Fsp3) is 1.00. The molecule has 0 aliphatic carbocycles. The molecule has 0 spiro atoms. The third-order valence-corrected chi connectivity index (χ3v) is 24.4.